The van der Waals surface area contributed by atoms with Crippen LogP contribution in [0.3, 0.4) is 0 Å². The second-order valence-electron chi connectivity index (χ2n) is 7.66. The average Bonchev–Trinajstić information content (AvgIpc) is 3.21. The molecule has 6 nitrogen and oxygen atoms in total. The van der Waals surface area contributed by atoms with Crippen LogP contribution in [0.2, 0.25) is 0 Å². The number of nitrogens with one attached hydrogen (secondary N) is 2. The van der Waals surface area contributed by atoms with E-state index in [1.165, 1.54) is 35.2 Å². The highest BCUT2D eigenvalue weighted by Gasteiger charge is 2.25. The van der Waals surface area contributed by atoms with Crippen LogP contribution in [0, 0.1) is 5.82 Å². The first-order valence-electron chi connectivity index (χ1n) is 10.4. The van der Waals surface area contributed by atoms with Crippen LogP contribution in [0.5, 0.6) is 0 Å². The Morgan fingerprint density at radius 1 is 1.17 bits per heavy atom. The highest BCUT2D eigenvalue weighted by molar-refractivity contribution is 5.94. The Morgan fingerprint density at radius 3 is 2.70 bits per heavy atom. The van der Waals surface area contributed by atoms with Gasteiger partial charge in [0, 0.05) is 49.4 Å². The number of fused-ring (bicyclic) bond motifs is 1. The van der Waals surface area contributed by atoms with Gasteiger partial charge in [-0.3, -0.25) is 9.59 Å². The zero-order valence-corrected chi connectivity index (χ0v) is 16.7. The molecule has 0 spiro atoms. The summed E-state index contributed by atoms with van der Waals surface area (Å²) in [7, 11) is 0. The molecule has 1 aliphatic rings. The lowest BCUT2D eigenvalue weighted by atomic mass is 9.89. The molecule has 0 bridgehead atoms. The number of hydrogen-bond acceptors (Lipinski definition) is 3. The van der Waals surface area contributed by atoms with Crippen molar-refractivity contribution < 1.29 is 14.0 Å². The maximum absolute atomic E-state index is 12.9. The maximum atomic E-state index is 12.9. The number of likely N-dealkylation sites (tertiary alicyclic amines) is 1. The summed E-state index contributed by atoms with van der Waals surface area (Å²) in [6.45, 7) is 1.91. The van der Waals surface area contributed by atoms with E-state index in [0.717, 1.165) is 31.6 Å². The number of benzene rings is 1. The molecule has 1 fully saturated rings. The third kappa shape index (κ3) is 4.50. The number of amides is 2. The summed E-state index contributed by atoms with van der Waals surface area (Å²) in [5, 5.41) is 3.94. The van der Waals surface area contributed by atoms with Gasteiger partial charge in [-0.1, -0.05) is 0 Å². The molecular formula is C23H25FN4O2. The van der Waals surface area contributed by atoms with E-state index in [4.69, 9.17) is 0 Å². The van der Waals surface area contributed by atoms with Crippen molar-refractivity contribution in [2.45, 2.75) is 31.6 Å². The summed E-state index contributed by atoms with van der Waals surface area (Å²) in [4.78, 5) is 34.0. The van der Waals surface area contributed by atoms with Crippen LogP contribution in [0.25, 0.3) is 11.0 Å². The van der Waals surface area contributed by atoms with Crippen LogP contribution >= 0.6 is 0 Å². The van der Waals surface area contributed by atoms with Crippen molar-refractivity contribution in [2.75, 3.05) is 19.6 Å². The zero-order valence-electron chi connectivity index (χ0n) is 16.7. The van der Waals surface area contributed by atoms with Gasteiger partial charge >= 0.3 is 0 Å². The van der Waals surface area contributed by atoms with E-state index in [1.807, 2.05) is 17.2 Å². The molecule has 1 aromatic carbocycles. The molecule has 0 atom stereocenters. The van der Waals surface area contributed by atoms with Gasteiger partial charge in [-0.25, -0.2) is 9.37 Å². The van der Waals surface area contributed by atoms with E-state index in [-0.39, 0.29) is 17.6 Å². The number of piperidine rings is 1. The first-order chi connectivity index (χ1) is 14.6. The summed E-state index contributed by atoms with van der Waals surface area (Å²) in [5.74, 6) is -0.0640. The molecule has 3 heterocycles. The molecule has 1 aliphatic heterocycles. The van der Waals surface area contributed by atoms with E-state index >= 15 is 0 Å². The minimum Gasteiger partial charge on any atom is -0.352 e. The number of nitrogens with zero attached hydrogens (tertiary/aromatic N) is 2. The minimum atomic E-state index is -0.373. The van der Waals surface area contributed by atoms with Gasteiger partial charge in [0.1, 0.15) is 11.5 Å². The number of aromatic nitrogens is 2. The molecule has 2 amide bonds. The summed E-state index contributed by atoms with van der Waals surface area (Å²) < 4.78 is 12.9. The maximum Gasteiger partial charge on any atom is 0.251 e. The molecule has 4 rings (SSSR count). The lowest BCUT2D eigenvalue weighted by molar-refractivity contribution is -0.132. The van der Waals surface area contributed by atoms with Gasteiger partial charge < -0.3 is 15.2 Å². The number of hydrogen-bond donors (Lipinski definition) is 2. The minimum absolute atomic E-state index is 0.130. The number of carbonyl (C=O) groups excluding carboxylic acids is 2. The van der Waals surface area contributed by atoms with Crippen LogP contribution < -0.4 is 5.32 Å². The molecule has 2 N–H and O–H groups in total. The smallest absolute Gasteiger partial charge is 0.251 e. The summed E-state index contributed by atoms with van der Waals surface area (Å²) in [6.07, 6.45) is 6.70. The van der Waals surface area contributed by atoms with E-state index in [1.54, 1.807) is 6.20 Å². The Morgan fingerprint density at radius 2 is 1.93 bits per heavy atom. The lowest BCUT2D eigenvalue weighted by Crippen LogP contribution is -2.38. The number of H-pyrrole nitrogens is 1. The van der Waals surface area contributed by atoms with Gasteiger partial charge in [-0.2, -0.15) is 0 Å². The Kier molecular flexibility index (Phi) is 6.07. The quantitative estimate of drug-likeness (QED) is 0.612. The fraction of sp³-hybridized carbons (Fsp3) is 0.348. The second-order valence-corrected chi connectivity index (χ2v) is 7.66. The fourth-order valence-corrected chi connectivity index (χ4v) is 4.06. The molecule has 0 aliphatic carbocycles. The third-order valence-corrected chi connectivity index (χ3v) is 5.73. The standard InChI is InChI=1S/C23H25FN4O2/c24-18-7-5-17(6-8-18)23(30)26-12-2-4-21(29)28-13-9-16(10-14-28)20-15-27-22-19(20)3-1-11-25-22/h1,3,5-8,11,15-16H,2,4,9-10,12-14H2,(H,25,27)(H,26,30). The Bertz CT molecular complexity index is 1020. The SMILES string of the molecule is O=C(NCCCC(=O)N1CCC(c2c[nH]c3ncccc23)CC1)c1ccc(F)cc1. The van der Waals surface area contributed by atoms with Gasteiger partial charge in [0.15, 0.2) is 0 Å². The highest BCUT2D eigenvalue weighted by atomic mass is 19.1. The molecule has 156 valence electrons. The van der Waals surface area contributed by atoms with Crippen LogP contribution in [0.15, 0.2) is 48.8 Å². The van der Waals surface area contributed by atoms with Crippen molar-refractivity contribution in [1.29, 1.82) is 0 Å². The summed E-state index contributed by atoms with van der Waals surface area (Å²) in [6, 6.07) is 9.45. The summed E-state index contributed by atoms with van der Waals surface area (Å²) >= 11 is 0. The molecule has 2 aromatic heterocycles. The predicted octanol–water partition coefficient (Wildman–Crippen LogP) is 3.62. The Hall–Kier alpha value is -3.22. The Labute approximate surface area is 174 Å². The molecule has 7 heteroatoms. The zero-order chi connectivity index (χ0) is 20.9. The first kappa shape index (κ1) is 20.1. The fourth-order valence-electron chi connectivity index (χ4n) is 4.06. The van der Waals surface area contributed by atoms with Crippen molar-refractivity contribution in [1.82, 2.24) is 20.2 Å². The Balaban J connectivity index is 1.20. The number of rotatable bonds is 6. The van der Waals surface area contributed by atoms with Crippen LogP contribution in [-0.4, -0.2) is 46.3 Å². The van der Waals surface area contributed by atoms with Crippen LogP contribution in [-0.2, 0) is 4.79 Å². The van der Waals surface area contributed by atoms with Crippen molar-refractivity contribution >= 4 is 22.8 Å². The largest absolute Gasteiger partial charge is 0.352 e. The van der Waals surface area contributed by atoms with Crippen LogP contribution in [0.4, 0.5) is 4.39 Å². The van der Waals surface area contributed by atoms with Gasteiger partial charge in [0.25, 0.3) is 5.91 Å². The van der Waals surface area contributed by atoms with E-state index in [2.05, 4.69) is 21.4 Å². The topological polar surface area (TPSA) is 78.1 Å². The van der Waals surface area contributed by atoms with E-state index in [9.17, 15) is 14.0 Å². The predicted molar refractivity (Wildman–Crippen MR) is 113 cm³/mol. The van der Waals surface area contributed by atoms with Crippen molar-refractivity contribution in [3.05, 3.63) is 65.7 Å². The van der Waals surface area contributed by atoms with Crippen molar-refractivity contribution in [2.24, 2.45) is 0 Å². The molecule has 0 unspecified atom stereocenters. The van der Waals surface area contributed by atoms with Crippen molar-refractivity contribution in [3.63, 3.8) is 0 Å². The molecule has 30 heavy (non-hydrogen) atoms. The average molecular weight is 408 g/mol. The molecule has 1 saturated heterocycles. The van der Waals surface area contributed by atoms with Gasteiger partial charge in [-0.15, -0.1) is 0 Å². The molecule has 3 aromatic rings. The van der Waals surface area contributed by atoms with Gasteiger partial charge in [0.2, 0.25) is 5.91 Å². The second kappa shape index (κ2) is 9.07. The number of pyridine rings is 1. The number of halogens is 1. The molecule has 0 radical (unpaired) electrons. The highest BCUT2D eigenvalue weighted by Crippen LogP contribution is 2.32. The normalized spacial score (nSPS) is 14.8. The van der Waals surface area contributed by atoms with Crippen molar-refractivity contribution in [3.8, 4) is 0 Å². The molecular weight excluding hydrogens is 383 g/mol. The number of aromatic amines is 1. The van der Waals surface area contributed by atoms with E-state index in [0.29, 0.717) is 30.9 Å². The molecule has 0 saturated carbocycles. The van der Waals surface area contributed by atoms with Gasteiger partial charge in [-0.05, 0) is 67.1 Å². The lowest BCUT2D eigenvalue weighted by Gasteiger charge is -2.32. The first-order valence-corrected chi connectivity index (χ1v) is 10.4. The summed E-state index contributed by atoms with van der Waals surface area (Å²) in [5.41, 5.74) is 2.61. The number of carbonyl (C=O) groups is 2. The third-order valence-electron chi connectivity index (χ3n) is 5.73. The van der Waals surface area contributed by atoms with E-state index < -0.39 is 0 Å². The monoisotopic (exact) mass is 408 g/mol. The van der Waals surface area contributed by atoms with Crippen LogP contribution in [0.1, 0.15) is 47.5 Å². The van der Waals surface area contributed by atoms with Gasteiger partial charge in [0.05, 0.1) is 0 Å².